The Labute approximate surface area is 78.5 Å². The molecule has 0 aromatic carbocycles. The third-order valence-corrected chi connectivity index (χ3v) is 5.06. The fraction of sp³-hybridized carbons (Fsp3) is 0.583. The largest absolute Gasteiger partial charge is 0.298 e. The van der Waals surface area contributed by atoms with Gasteiger partial charge in [-0.3, -0.25) is 4.79 Å². The minimum absolute atomic E-state index is 0.0770. The van der Waals surface area contributed by atoms with Gasteiger partial charge in [0, 0.05) is 16.7 Å². The standard InChI is InChI=1S/C12H14O/c1-7-10(2)6-5-8-11(7,3)12(8,4)9(10)13/h5-6,8H,1H2,2-4H3. The van der Waals surface area contributed by atoms with Crippen LogP contribution in [0.1, 0.15) is 20.8 Å². The number of allylic oxidation sites excluding steroid dienone is 3. The molecule has 68 valence electrons. The molecule has 0 N–H and O–H groups in total. The van der Waals surface area contributed by atoms with Gasteiger partial charge in [-0.1, -0.05) is 38.2 Å². The number of carbonyl (C=O) groups excluding carboxylic acids is 1. The molecule has 0 amide bonds. The fourth-order valence-electron chi connectivity index (χ4n) is 3.78. The number of hydrogen-bond acceptors (Lipinski definition) is 1. The van der Waals surface area contributed by atoms with Crippen LogP contribution in [0.2, 0.25) is 0 Å². The second-order valence-corrected chi connectivity index (χ2v) is 5.25. The van der Waals surface area contributed by atoms with E-state index in [1.165, 1.54) is 0 Å². The third-order valence-electron chi connectivity index (χ3n) is 5.06. The molecule has 4 atom stereocenters. The average Bonchev–Trinajstić information content (AvgIpc) is 2.56. The maximum Gasteiger partial charge on any atom is 0.153 e. The molecule has 13 heavy (non-hydrogen) atoms. The van der Waals surface area contributed by atoms with Crippen molar-refractivity contribution in [2.75, 3.05) is 0 Å². The first-order valence-electron chi connectivity index (χ1n) is 4.84. The summed E-state index contributed by atoms with van der Waals surface area (Å²) in [7, 11) is 0. The molecule has 1 heteroatoms. The van der Waals surface area contributed by atoms with Gasteiger partial charge in [-0.2, -0.15) is 0 Å². The van der Waals surface area contributed by atoms with Gasteiger partial charge in [0.15, 0.2) is 5.78 Å². The summed E-state index contributed by atoms with van der Waals surface area (Å²) in [6, 6.07) is 0. The molecule has 0 radical (unpaired) electrons. The normalized spacial score (nSPS) is 61.6. The van der Waals surface area contributed by atoms with Crippen molar-refractivity contribution in [3.63, 3.8) is 0 Å². The van der Waals surface area contributed by atoms with Crippen molar-refractivity contribution in [1.82, 2.24) is 0 Å². The van der Waals surface area contributed by atoms with Crippen molar-refractivity contribution in [3.05, 3.63) is 24.3 Å². The van der Waals surface area contributed by atoms with E-state index in [0.29, 0.717) is 11.7 Å². The molecule has 4 aliphatic carbocycles. The van der Waals surface area contributed by atoms with Crippen LogP contribution in [-0.2, 0) is 4.79 Å². The van der Waals surface area contributed by atoms with Crippen LogP contribution in [0.5, 0.6) is 0 Å². The Bertz CT molecular complexity index is 362. The molecule has 4 rings (SSSR count). The summed E-state index contributed by atoms with van der Waals surface area (Å²) in [5.41, 5.74) is 0.749. The summed E-state index contributed by atoms with van der Waals surface area (Å²) in [6.07, 6.45) is 4.27. The fourth-order valence-corrected chi connectivity index (χ4v) is 3.78. The molecular formula is C12H14O. The zero-order valence-electron chi connectivity index (χ0n) is 8.35. The molecule has 4 unspecified atom stereocenters. The zero-order chi connectivity index (χ0) is 9.65. The van der Waals surface area contributed by atoms with Gasteiger partial charge >= 0.3 is 0 Å². The maximum absolute atomic E-state index is 12.2. The summed E-state index contributed by atoms with van der Waals surface area (Å²) in [5, 5.41) is 0. The highest BCUT2D eigenvalue weighted by atomic mass is 16.1. The van der Waals surface area contributed by atoms with Crippen molar-refractivity contribution in [1.29, 1.82) is 0 Å². The number of hydrogen-bond donors (Lipinski definition) is 0. The molecular weight excluding hydrogens is 160 g/mol. The highest BCUT2D eigenvalue weighted by molar-refractivity contribution is 6.05. The average molecular weight is 174 g/mol. The molecule has 2 fully saturated rings. The Balaban J connectivity index is 2.37. The quantitative estimate of drug-likeness (QED) is 0.515. The Kier molecular flexibility index (Phi) is 0.841. The van der Waals surface area contributed by atoms with E-state index in [4.69, 9.17) is 0 Å². The minimum Gasteiger partial charge on any atom is -0.298 e. The summed E-state index contributed by atoms with van der Waals surface area (Å²) in [5.74, 6) is 0.821. The molecule has 4 aliphatic rings. The summed E-state index contributed by atoms with van der Waals surface area (Å²) >= 11 is 0. The smallest absolute Gasteiger partial charge is 0.153 e. The van der Waals surface area contributed by atoms with Crippen LogP contribution in [0.4, 0.5) is 0 Å². The van der Waals surface area contributed by atoms with E-state index in [0.717, 1.165) is 5.57 Å². The molecule has 0 aromatic rings. The topological polar surface area (TPSA) is 17.1 Å². The second kappa shape index (κ2) is 1.45. The van der Waals surface area contributed by atoms with Crippen LogP contribution in [0, 0.1) is 22.2 Å². The Hall–Kier alpha value is -0.850. The SMILES string of the molecule is C=C1C2(C)C=CC3C1(C)C3(C)C2=O. The van der Waals surface area contributed by atoms with Crippen molar-refractivity contribution in [2.24, 2.45) is 22.2 Å². The van der Waals surface area contributed by atoms with Gasteiger partial charge in [-0.05, 0) is 6.92 Å². The van der Waals surface area contributed by atoms with Gasteiger partial charge < -0.3 is 0 Å². The van der Waals surface area contributed by atoms with E-state index in [1.807, 2.05) is 6.92 Å². The van der Waals surface area contributed by atoms with E-state index in [9.17, 15) is 4.79 Å². The summed E-state index contributed by atoms with van der Waals surface area (Å²) in [4.78, 5) is 12.2. The lowest BCUT2D eigenvalue weighted by molar-refractivity contribution is -0.128. The first kappa shape index (κ1) is 7.54. The van der Waals surface area contributed by atoms with Gasteiger partial charge in [0.25, 0.3) is 0 Å². The minimum atomic E-state index is -0.349. The van der Waals surface area contributed by atoms with Crippen molar-refractivity contribution < 1.29 is 4.79 Å². The van der Waals surface area contributed by atoms with Crippen LogP contribution in [-0.4, -0.2) is 5.78 Å². The molecule has 0 spiro atoms. The van der Waals surface area contributed by atoms with Gasteiger partial charge in [0.2, 0.25) is 0 Å². The lowest BCUT2D eigenvalue weighted by Gasteiger charge is -2.31. The zero-order valence-corrected chi connectivity index (χ0v) is 8.35. The lowest BCUT2D eigenvalue weighted by atomic mass is 9.71. The molecule has 0 aromatic heterocycles. The van der Waals surface area contributed by atoms with Crippen molar-refractivity contribution in [3.8, 4) is 0 Å². The predicted molar refractivity (Wildman–Crippen MR) is 51.1 cm³/mol. The van der Waals surface area contributed by atoms with E-state index < -0.39 is 0 Å². The Morgan fingerprint density at radius 3 is 2.23 bits per heavy atom. The first-order valence-corrected chi connectivity index (χ1v) is 4.84. The van der Waals surface area contributed by atoms with Crippen LogP contribution in [0.15, 0.2) is 24.3 Å². The van der Waals surface area contributed by atoms with E-state index in [2.05, 4.69) is 32.6 Å². The predicted octanol–water partition coefficient (Wildman–Crippen LogP) is 2.34. The van der Waals surface area contributed by atoms with E-state index in [-0.39, 0.29) is 16.2 Å². The first-order chi connectivity index (χ1) is 5.90. The number of ketones is 1. The highest BCUT2D eigenvalue weighted by Gasteiger charge is 2.84. The maximum atomic E-state index is 12.2. The monoisotopic (exact) mass is 174 g/mol. The Morgan fingerprint density at radius 1 is 1.31 bits per heavy atom. The van der Waals surface area contributed by atoms with E-state index >= 15 is 0 Å². The number of Topliss-reactive ketones (excluding diaryl/α,β-unsaturated/α-hetero) is 1. The van der Waals surface area contributed by atoms with Crippen molar-refractivity contribution in [2.45, 2.75) is 20.8 Å². The van der Waals surface area contributed by atoms with Crippen molar-refractivity contribution >= 4 is 5.78 Å². The second-order valence-electron chi connectivity index (χ2n) is 5.25. The number of carbonyl (C=O) groups is 1. The molecule has 0 saturated heterocycles. The molecule has 2 saturated carbocycles. The van der Waals surface area contributed by atoms with Crippen LogP contribution in [0.3, 0.4) is 0 Å². The highest BCUT2D eigenvalue weighted by Crippen LogP contribution is 2.84. The summed E-state index contributed by atoms with van der Waals surface area (Å²) < 4.78 is 0. The molecule has 1 nitrogen and oxygen atoms in total. The van der Waals surface area contributed by atoms with Gasteiger partial charge in [0.05, 0.1) is 5.41 Å². The molecule has 0 aliphatic heterocycles. The van der Waals surface area contributed by atoms with Gasteiger partial charge in [0.1, 0.15) is 0 Å². The Morgan fingerprint density at radius 2 is 1.92 bits per heavy atom. The lowest BCUT2D eigenvalue weighted by Crippen LogP contribution is -2.33. The third kappa shape index (κ3) is 0.403. The molecule has 4 bridgehead atoms. The summed E-state index contributed by atoms with van der Waals surface area (Å²) in [6.45, 7) is 10.4. The van der Waals surface area contributed by atoms with Crippen LogP contribution >= 0.6 is 0 Å². The molecule has 0 heterocycles. The van der Waals surface area contributed by atoms with Crippen LogP contribution < -0.4 is 0 Å². The van der Waals surface area contributed by atoms with Gasteiger partial charge in [-0.15, -0.1) is 0 Å². The number of rotatable bonds is 0. The van der Waals surface area contributed by atoms with Gasteiger partial charge in [-0.25, -0.2) is 0 Å². The van der Waals surface area contributed by atoms with E-state index in [1.54, 1.807) is 0 Å². The van der Waals surface area contributed by atoms with Crippen LogP contribution in [0.25, 0.3) is 0 Å².